The summed E-state index contributed by atoms with van der Waals surface area (Å²) in [7, 11) is 0. The molecule has 2 aromatic rings. The maximum absolute atomic E-state index is 11.3. The molecule has 110 valence electrons. The van der Waals surface area contributed by atoms with Crippen molar-refractivity contribution in [2.75, 3.05) is 24.7 Å². The van der Waals surface area contributed by atoms with Crippen molar-refractivity contribution in [3.63, 3.8) is 0 Å². The Hall–Kier alpha value is -2.21. The monoisotopic (exact) mass is 287 g/mol. The lowest BCUT2D eigenvalue weighted by Crippen LogP contribution is -2.44. The summed E-state index contributed by atoms with van der Waals surface area (Å²) in [6, 6.07) is 7.51. The maximum atomic E-state index is 11.3. The van der Waals surface area contributed by atoms with Gasteiger partial charge in [0.2, 0.25) is 5.95 Å². The highest BCUT2D eigenvalue weighted by Crippen LogP contribution is 2.24. The van der Waals surface area contributed by atoms with Crippen molar-refractivity contribution in [2.45, 2.75) is 13.0 Å². The van der Waals surface area contributed by atoms with Gasteiger partial charge in [-0.25, -0.2) is 9.97 Å². The molecule has 1 N–H and O–H groups in total. The third kappa shape index (κ3) is 2.54. The Kier molecular flexibility index (Phi) is 3.70. The number of ether oxygens (including phenoxy) is 1. The number of aliphatic carboxylic acids is 1. The van der Waals surface area contributed by atoms with E-state index in [1.54, 1.807) is 6.20 Å². The summed E-state index contributed by atoms with van der Waals surface area (Å²) in [6.45, 7) is 3.23. The largest absolute Gasteiger partial charge is 0.481 e. The summed E-state index contributed by atoms with van der Waals surface area (Å²) in [5, 5.41) is 10.3. The number of anilines is 1. The van der Waals surface area contributed by atoms with Gasteiger partial charge in [-0.1, -0.05) is 18.2 Å². The van der Waals surface area contributed by atoms with Crippen LogP contribution in [0.4, 0.5) is 5.95 Å². The van der Waals surface area contributed by atoms with Crippen molar-refractivity contribution in [1.82, 2.24) is 9.97 Å². The number of benzene rings is 1. The Balaban J connectivity index is 1.95. The summed E-state index contributed by atoms with van der Waals surface area (Å²) in [5.74, 6) is -0.824. The van der Waals surface area contributed by atoms with Crippen molar-refractivity contribution in [3.8, 4) is 0 Å². The SMILES string of the molecule is CCN(c1ncc2ccccc2n1)C1COCC1C(=O)O. The molecule has 1 aromatic heterocycles. The molecular weight excluding hydrogens is 270 g/mol. The summed E-state index contributed by atoms with van der Waals surface area (Å²) in [6.07, 6.45) is 1.77. The van der Waals surface area contributed by atoms with Crippen LogP contribution in [0.5, 0.6) is 0 Å². The number of hydrogen-bond donors (Lipinski definition) is 1. The van der Waals surface area contributed by atoms with Crippen LogP contribution >= 0.6 is 0 Å². The molecule has 1 aliphatic heterocycles. The van der Waals surface area contributed by atoms with Crippen LogP contribution < -0.4 is 4.90 Å². The molecule has 1 aromatic carbocycles. The predicted molar refractivity (Wildman–Crippen MR) is 78.3 cm³/mol. The molecule has 1 aliphatic rings. The van der Waals surface area contributed by atoms with Gasteiger partial charge in [0.25, 0.3) is 0 Å². The maximum Gasteiger partial charge on any atom is 0.311 e. The van der Waals surface area contributed by atoms with Crippen LogP contribution in [0, 0.1) is 5.92 Å². The molecule has 2 unspecified atom stereocenters. The lowest BCUT2D eigenvalue weighted by Gasteiger charge is -2.29. The van der Waals surface area contributed by atoms with E-state index in [1.165, 1.54) is 0 Å². The zero-order chi connectivity index (χ0) is 14.8. The van der Waals surface area contributed by atoms with E-state index in [1.807, 2.05) is 36.1 Å². The van der Waals surface area contributed by atoms with E-state index in [4.69, 9.17) is 4.74 Å². The van der Waals surface area contributed by atoms with Crippen molar-refractivity contribution in [2.24, 2.45) is 5.92 Å². The molecule has 0 amide bonds. The molecule has 0 aliphatic carbocycles. The standard InChI is InChI=1S/C15H17N3O3/c1-2-18(13-9-21-8-11(13)14(19)20)15-16-7-10-5-3-4-6-12(10)17-15/h3-7,11,13H,2,8-9H2,1H3,(H,19,20). The number of aromatic nitrogens is 2. The number of carboxylic acids is 1. The van der Waals surface area contributed by atoms with Crippen molar-refractivity contribution in [3.05, 3.63) is 30.5 Å². The Morgan fingerprint density at radius 3 is 3.00 bits per heavy atom. The molecule has 3 rings (SSSR count). The van der Waals surface area contributed by atoms with Crippen LogP contribution in [0.15, 0.2) is 30.5 Å². The fraction of sp³-hybridized carbons (Fsp3) is 0.400. The van der Waals surface area contributed by atoms with Gasteiger partial charge in [-0.05, 0) is 13.0 Å². The Morgan fingerprint density at radius 1 is 1.43 bits per heavy atom. The van der Waals surface area contributed by atoms with E-state index in [0.717, 1.165) is 10.9 Å². The quantitative estimate of drug-likeness (QED) is 0.919. The number of nitrogens with zero attached hydrogens (tertiary/aromatic N) is 3. The number of fused-ring (bicyclic) bond motifs is 1. The molecule has 6 heteroatoms. The second-order valence-electron chi connectivity index (χ2n) is 5.06. The molecular formula is C15H17N3O3. The lowest BCUT2D eigenvalue weighted by molar-refractivity contribution is -0.141. The average Bonchev–Trinajstić information content (AvgIpc) is 2.97. The van der Waals surface area contributed by atoms with E-state index in [2.05, 4.69) is 9.97 Å². The van der Waals surface area contributed by atoms with Crippen molar-refractivity contribution < 1.29 is 14.6 Å². The number of likely N-dealkylation sites (N-methyl/N-ethyl adjacent to an activating group) is 1. The lowest BCUT2D eigenvalue weighted by atomic mass is 10.0. The van der Waals surface area contributed by atoms with Crippen LogP contribution in [0.2, 0.25) is 0 Å². The molecule has 2 atom stereocenters. The highest BCUT2D eigenvalue weighted by atomic mass is 16.5. The van der Waals surface area contributed by atoms with Crippen molar-refractivity contribution >= 4 is 22.8 Å². The third-order valence-electron chi connectivity index (χ3n) is 3.84. The van der Waals surface area contributed by atoms with Gasteiger partial charge in [-0.2, -0.15) is 0 Å². The Bertz CT molecular complexity index is 661. The summed E-state index contributed by atoms with van der Waals surface area (Å²) >= 11 is 0. The van der Waals surface area contributed by atoms with Gasteiger partial charge in [0, 0.05) is 18.1 Å². The minimum Gasteiger partial charge on any atom is -0.481 e. The van der Waals surface area contributed by atoms with E-state index in [9.17, 15) is 9.90 Å². The van der Waals surface area contributed by atoms with E-state index < -0.39 is 11.9 Å². The van der Waals surface area contributed by atoms with Crippen LogP contribution in [-0.4, -0.2) is 46.8 Å². The summed E-state index contributed by atoms with van der Waals surface area (Å²) in [5.41, 5.74) is 0.853. The van der Waals surface area contributed by atoms with E-state index in [0.29, 0.717) is 19.1 Å². The van der Waals surface area contributed by atoms with Crippen LogP contribution in [-0.2, 0) is 9.53 Å². The predicted octanol–water partition coefficient (Wildman–Crippen LogP) is 1.56. The van der Waals surface area contributed by atoms with E-state index >= 15 is 0 Å². The van der Waals surface area contributed by atoms with Gasteiger partial charge in [0.05, 0.1) is 24.8 Å². The zero-order valence-electron chi connectivity index (χ0n) is 11.8. The molecule has 21 heavy (non-hydrogen) atoms. The first-order valence-electron chi connectivity index (χ1n) is 6.99. The highest BCUT2D eigenvalue weighted by Gasteiger charge is 2.38. The van der Waals surface area contributed by atoms with Crippen LogP contribution in [0.1, 0.15) is 6.92 Å². The van der Waals surface area contributed by atoms with Crippen LogP contribution in [0.25, 0.3) is 10.9 Å². The van der Waals surface area contributed by atoms with Gasteiger partial charge in [0.1, 0.15) is 5.92 Å². The Labute approximate surface area is 122 Å². The first kappa shape index (κ1) is 13.8. The van der Waals surface area contributed by atoms with Gasteiger partial charge in [-0.15, -0.1) is 0 Å². The third-order valence-corrected chi connectivity index (χ3v) is 3.84. The normalized spacial score (nSPS) is 21.6. The molecule has 6 nitrogen and oxygen atoms in total. The molecule has 1 fully saturated rings. The molecule has 0 saturated carbocycles. The molecule has 0 spiro atoms. The smallest absolute Gasteiger partial charge is 0.311 e. The first-order chi connectivity index (χ1) is 10.2. The number of carboxylic acid groups (broad SMARTS) is 1. The zero-order valence-corrected chi connectivity index (χ0v) is 11.8. The van der Waals surface area contributed by atoms with Gasteiger partial charge < -0.3 is 14.7 Å². The summed E-state index contributed by atoms with van der Waals surface area (Å²) < 4.78 is 5.34. The van der Waals surface area contributed by atoms with Gasteiger partial charge >= 0.3 is 5.97 Å². The topological polar surface area (TPSA) is 75.5 Å². The highest BCUT2D eigenvalue weighted by molar-refractivity contribution is 5.78. The first-order valence-corrected chi connectivity index (χ1v) is 6.99. The second kappa shape index (κ2) is 5.65. The fourth-order valence-electron chi connectivity index (χ4n) is 2.71. The molecule has 2 heterocycles. The molecule has 1 saturated heterocycles. The number of rotatable bonds is 4. The van der Waals surface area contributed by atoms with Gasteiger partial charge in [0.15, 0.2) is 0 Å². The van der Waals surface area contributed by atoms with Crippen LogP contribution in [0.3, 0.4) is 0 Å². The fourth-order valence-corrected chi connectivity index (χ4v) is 2.71. The summed E-state index contributed by atoms with van der Waals surface area (Å²) in [4.78, 5) is 22.2. The van der Waals surface area contributed by atoms with Crippen molar-refractivity contribution in [1.29, 1.82) is 0 Å². The number of carbonyl (C=O) groups is 1. The van der Waals surface area contributed by atoms with Gasteiger partial charge in [-0.3, -0.25) is 4.79 Å². The van der Waals surface area contributed by atoms with E-state index in [-0.39, 0.29) is 12.6 Å². The number of hydrogen-bond acceptors (Lipinski definition) is 5. The molecule has 0 radical (unpaired) electrons. The molecule has 0 bridgehead atoms. The Morgan fingerprint density at radius 2 is 2.24 bits per heavy atom. The average molecular weight is 287 g/mol. The minimum absolute atomic E-state index is 0.228. The second-order valence-corrected chi connectivity index (χ2v) is 5.06. The minimum atomic E-state index is -0.836. The number of para-hydroxylation sites is 1.